The van der Waals surface area contributed by atoms with Crippen molar-refractivity contribution in [3.8, 4) is 6.07 Å². The average Bonchev–Trinajstić information content (AvgIpc) is 2.30. The van der Waals surface area contributed by atoms with E-state index in [1.807, 2.05) is 0 Å². The van der Waals surface area contributed by atoms with Crippen LogP contribution in [-0.4, -0.2) is 25.0 Å². The number of hydrogen-bond donors (Lipinski definition) is 1. The van der Waals surface area contributed by atoms with Crippen LogP contribution in [0.15, 0.2) is 24.3 Å². The molecule has 0 aliphatic rings. The zero-order chi connectivity index (χ0) is 13.1. The fourth-order valence-corrected chi connectivity index (χ4v) is 2.31. The van der Waals surface area contributed by atoms with Gasteiger partial charge in [-0.2, -0.15) is 9.57 Å². The summed E-state index contributed by atoms with van der Waals surface area (Å²) in [6.07, 6.45) is 0. The largest absolute Gasteiger partial charge is 0.399 e. The average molecular weight is 253 g/mol. The zero-order valence-corrected chi connectivity index (χ0v) is 10.6. The van der Waals surface area contributed by atoms with Gasteiger partial charge in [0.2, 0.25) is 10.0 Å². The van der Waals surface area contributed by atoms with Crippen LogP contribution in [0.25, 0.3) is 0 Å². The smallest absolute Gasteiger partial charge is 0.230 e. The monoisotopic (exact) mass is 253 g/mol. The highest BCUT2D eigenvalue weighted by molar-refractivity contribution is 7.89. The Morgan fingerprint density at radius 1 is 1.41 bits per heavy atom. The topological polar surface area (TPSA) is 87.2 Å². The molecule has 0 fully saturated rings. The van der Waals surface area contributed by atoms with Crippen molar-refractivity contribution in [2.75, 3.05) is 12.8 Å². The van der Waals surface area contributed by atoms with Crippen molar-refractivity contribution < 1.29 is 8.42 Å². The molecule has 0 aromatic heterocycles. The molecule has 0 aliphatic carbocycles. The fraction of sp³-hybridized carbons (Fsp3) is 0.364. The number of benzene rings is 1. The van der Waals surface area contributed by atoms with Crippen LogP contribution in [-0.2, 0) is 16.6 Å². The van der Waals surface area contributed by atoms with E-state index < -0.39 is 15.3 Å². The standard InChI is InChI=1S/C11H15N3O2S/c1-9(7-12)17(15,16)14(2)8-10-3-5-11(13)6-4-10/h3-6,9H,8,13H2,1-2H3. The summed E-state index contributed by atoms with van der Waals surface area (Å²) < 4.78 is 24.8. The van der Waals surface area contributed by atoms with E-state index >= 15 is 0 Å². The van der Waals surface area contributed by atoms with Gasteiger partial charge in [-0.1, -0.05) is 12.1 Å². The van der Waals surface area contributed by atoms with Crippen LogP contribution in [0.3, 0.4) is 0 Å². The Morgan fingerprint density at radius 3 is 2.41 bits per heavy atom. The number of sulfonamides is 1. The summed E-state index contributed by atoms with van der Waals surface area (Å²) in [7, 11) is -2.10. The van der Waals surface area contributed by atoms with Gasteiger partial charge in [-0.3, -0.25) is 0 Å². The second kappa shape index (κ2) is 5.17. The molecule has 0 saturated heterocycles. The van der Waals surface area contributed by atoms with Gasteiger partial charge >= 0.3 is 0 Å². The van der Waals surface area contributed by atoms with Crippen LogP contribution in [0.2, 0.25) is 0 Å². The second-order valence-corrected chi connectivity index (χ2v) is 6.17. The first-order valence-corrected chi connectivity index (χ1v) is 6.57. The summed E-state index contributed by atoms with van der Waals surface area (Å²) in [5.74, 6) is 0. The maximum Gasteiger partial charge on any atom is 0.230 e. The predicted molar refractivity (Wildman–Crippen MR) is 66.3 cm³/mol. The van der Waals surface area contributed by atoms with E-state index in [1.54, 1.807) is 30.3 Å². The summed E-state index contributed by atoms with van der Waals surface area (Å²) >= 11 is 0. The maximum absolute atomic E-state index is 11.8. The Bertz CT molecular complexity index is 517. The van der Waals surface area contributed by atoms with Gasteiger partial charge in [0.05, 0.1) is 6.07 Å². The van der Waals surface area contributed by atoms with Crippen LogP contribution in [0.5, 0.6) is 0 Å². The molecule has 0 heterocycles. The van der Waals surface area contributed by atoms with E-state index in [1.165, 1.54) is 18.3 Å². The van der Waals surface area contributed by atoms with Gasteiger partial charge in [0, 0.05) is 19.3 Å². The molecule has 1 unspecified atom stereocenters. The molecule has 0 spiro atoms. The molecule has 0 aliphatic heterocycles. The lowest BCUT2D eigenvalue weighted by Crippen LogP contribution is -2.33. The van der Waals surface area contributed by atoms with Gasteiger partial charge in [0.15, 0.2) is 5.25 Å². The minimum Gasteiger partial charge on any atom is -0.399 e. The van der Waals surface area contributed by atoms with Gasteiger partial charge in [-0.25, -0.2) is 8.42 Å². The minimum absolute atomic E-state index is 0.231. The third-order valence-electron chi connectivity index (χ3n) is 2.45. The van der Waals surface area contributed by atoms with Crippen molar-refractivity contribution >= 4 is 15.7 Å². The fourth-order valence-electron chi connectivity index (χ4n) is 1.31. The van der Waals surface area contributed by atoms with Crippen molar-refractivity contribution in [3.05, 3.63) is 29.8 Å². The van der Waals surface area contributed by atoms with E-state index in [4.69, 9.17) is 11.0 Å². The molecule has 1 rings (SSSR count). The molecule has 1 aromatic carbocycles. The van der Waals surface area contributed by atoms with Gasteiger partial charge in [-0.05, 0) is 24.6 Å². The highest BCUT2D eigenvalue weighted by Crippen LogP contribution is 2.12. The lowest BCUT2D eigenvalue weighted by molar-refractivity contribution is 0.463. The summed E-state index contributed by atoms with van der Waals surface area (Å²) in [4.78, 5) is 0. The van der Waals surface area contributed by atoms with E-state index in [0.717, 1.165) is 5.56 Å². The van der Waals surface area contributed by atoms with Gasteiger partial charge in [0.25, 0.3) is 0 Å². The Kier molecular flexibility index (Phi) is 4.10. The molecule has 0 amide bonds. The molecule has 17 heavy (non-hydrogen) atoms. The number of nitriles is 1. The molecule has 0 radical (unpaired) electrons. The molecule has 6 heteroatoms. The van der Waals surface area contributed by atoms with E-state index in [0.29, 0.717) is 5.69 Å². The van der Waals surface area contributed by atoms with Crippen molar-refractivity contribution in [2.24, 2.45) is 0 Å². The highest BCUT2D eigenvalue weighted by atomic mass is 32.2. The Morgan fingerprint density at radius 2 is 1.94 bits per heavy atom. The Labute approximate surface area is 102 Å². The lowest BCUT2D eigenvalue weighted by Gasteiger charge is -2.18. The van der Waals surface area contributed by atoms with Gasteiger partial charge < -0.3 is 5.73 Å². The van der Waals surface area contributed by atoms with Crippen LogP contribution in [0, 0.1) is 11.3 Å². The number of nitrogens with zero attached hydrogens (tertiary/aromatic N) is 2. The summed E-state index contributed by atoms with van der Waals surface area (Å²) in [5, 5.41) is 7.61. The third kappa shape index (κ3) is 3.19. The zero-order valence-electron chi connectivity index (χ0n) is 9.79. The van der Waals surface area contributed by atoms with E-state index in [2.05, 4.69) is 0 Å². The Balaban J connectivity index is 2.83. The molecule has 5 nitrogen and oxygen atoms in total. The molecule has 1 aromatic rings. The summed E-state index contributed by atoms with van der Waals surface area (Å²) in [5.41, 5.74) is 7.00. The van der Waals surface area contributed by atoms with Crippen LogP contribution < -0.4 is 5.73 Å². The van der Waals surface area contributed by atoms with Gasteiger partial charge in [0.1, 0.15) is 0 Å². The second-order valence-electron chi connectivity index (χ2n) is 3.81. The first-order chi connectivity index (χ1) is 7.87. The normalized spacial score (nSPS) is 13.3. The molecular formula is C11H15N3O2S. The van der Waals surface area contributed by atoms with Crippen LogP contribution in [0.1, 0.15) is 12.5 Å². The van der Waals surface area contributed by atoms with Crippen molar-refractivity contribution in [2.45, 2.75) is 18.7 Å². The first-order valence-electron chi connectivity index (χ1n) is 5.07. The van der Waals surface area contributed by atoms with Crippen LogP contribution >= 0.6 is 0 Å². The SMILES string of the molecule is CC(C#N)S(=O)(=O)N(C)Cc1ccc(N)cc1. The number of rotatable bonds is 4. The number of hydrogen-bond acceptors (Lipinski definition) is 4. The van der Waals surface area contributed by atoms with E-state index in [-0.39, 0.29) is 6.54 Å². The van der Waals surface area contributed by atoms with Crippen molar-refractivity contribution in [1.29, 1.82) is 5.26 Å². The van der Waals surface area contributed by atoms with Crippen LogP contribution in [0.4, 0.5) is 5.69 Å². The third-order valence-corrected chi connectivity index (χ3v) is 4.44. The molecular weight excluding hydrogens is 238 g/mol. The maximum atomic E-state index is 11.8. The van der Waals surface area contributed by atoms with Crippen molar-refractivity contribution in [1.82, 2.24) is 4.31 Å². The molecule has 1 atom stereocenters. The van der Waals surface area contributed by atoms with Crippen molar-refractivity contribution in [3.63, 3.8) is 0 Å². The molecule has 0 bridgehead atoms. The summed E-state index contributed by atoms with van der Waals surface area (Å²) in [6, 6.07) is 8.68. The highest BCUT2D eigenvalue weighted by Gasteiger charge is 2.25. The molecule has 2 N–H and O–H groups in total. The summed E-state index contributed by atoms with van der Waals surface area (Å²) in [6.45, 7) is 1.60. The quantitative estimate of drug-likeness (QED) is 0.809. The molecule has 0 saturated carbocycles. The minimum atomic E-state index is -3.56. The number of anilines is 1. The first kappa shape index (κ1) is 13.5. The Hall–Kier alpha value is -1.58. The van der Waals surface area contributed by atoms with E-state index in [9.17, 15) is 8.42 Å². The number of nitrogen functional groups attached to an aromatic ring is 1. The predicted octanol–water partition coefficient (Wildman–Crippen LogP) is 0.942. The lowest BCUT2D eigenvalue weighted by atomic mass is 10.2. The van der Waals surface area contributed by atoms with Gasteiger partial charge in [-0.15, -0.1) is 0 Å². The number of nitrogens with two attached hydrogens (primary N) is 1. The molecule has 92 valence electrons.